The molecule has 4 nitrogen and oxygen atoms in total. The second-order valence-electron chi connectivity index (χ2n) is 5.98. The SMILES string of the molecule is CC(=C/c1ccccc1)/C=N/NC(=O)COc1ccc2ccccc2c1Br. The number of ether oxygens (including phenoxy) is 1. The molecule has 3 aromatic rings. The highest BCUT2D eigenvalue weighted by molar-refractivity contribution is 9.10. The topological polar surface area (TPSA) is 50.7 Å². The van der Waals surface area contributed by atoms with Crippen molar-refractivity contribution in [1.82, 2.24) is 5.43 Å². The number of hydrogen-bond acceptors (Lipinski definition) is 3. The van der Waals surface area contributed by atoms with E-state index >= 15 is 0 Å². The van der Waals surface area contributed by atoms with Crippen LogP contribution in [0.4, 0.5) is 0 Å². The van der Waals surface area contributed by atoms with Gasteiger partial charge >= 0.3 is 0 Å². The maximum atomic E-state index is 11.9. The summed E-state index contributed by atoms with van der Waals surface area (Å²) in [4.78, 5) is 11.9. The minimum atomic E-state index is -0.321. The first kappa shape index (κ1) is 18.9. The van der Waals surface area contributed by atoms with Gasteiger partial charge in [-0.1, -0.05) is 66.7 Å². The summed E-state index contributed by atoms with van der Waals surface area (Å²) in [5.41, 5.74) is 4.49. The molecule has 136 valence electrons. The molecule has 0 saturated carbocycles. The molecule has 1 N–H and O–H groups in total. The second kappa shape index (κ2) is 9.14. The zero-order valence-electron chi connectivity index (χ0n) is 14.9. The van der Waals surface area contributed by atoms with Crippen molar-refractivity contribution < 1.29 is 9.53 Å². The minimum Gasteiger partial charge on any atom is -0.483 e. The Labute approximate surface area is 166 Å². The Balaban J connectivity index is 1.54. The summed E-state index contributed by atoms with van der Waals surface area (Å²) in [6.45, 7) is 1.81. The van der Waals surface area contributed by atoms with E-state index in [0.717, 1.165) is 26.4 Å². The van der Waals surface area contributed by atoms with E-state index in [4.69, 9.17) is 4.74 Å². The lowest BCUT2D eigenvalue weighted by Crippen LogP contribution is -2.24. The van der Waals surface area contributed by atoms with Crippen LogP contribution in [0.15, 0.2) is 81.9 Å². The van der Waals surface area contributed by atoms with Gasteiger partial charge in [0, 0.05) is 0 Å². The highest BCUT2D eigenvalue weighted by Gasteiger charge is 2.08. The number of benzene rings is 3. The molecule has 0 aromatic heterocycles. The number of amides is 1. The molecule has 3 rings (SSSR count). The van der Waals surface area contributed by atoms with Crippen LogP contribution >= 0.6 is 15.9 Å². The van der Waals surface area contributed by atoms with Crippen LogP contribution in [0, 0.1) is 0 Å². The summed E-state index contributed by atoms with van der Waals surface area (Å²) in [5, 5.41) is 6.11. The van der Waals surface area contributed by atoms with Gasteiger partial charge in [0.1, 0.15) is 5.75 Å². The Morgan fingerprint density at radius 1 is 1.07 bits per heavy atom. The summed E-state index contributed by atoms with van der Waals surface area (Å²) in [6.07, 6.45) is 3.59. The lowest BCUT2D eigenvalue weighted by molar-refractivity contribution is -0.123. The molecule has 0 aliphatic carbocycles. The number of carbonyl (C=O) groups is 1. The number of rotatable bonds is 6. The van der Waals surface area contributed by atoms with E-state index in [1.165, 1.54) is 0 Å². The largest absolute Gasteiger partial charge is 0.483 e. The number of hydrogen-bond donors (Lipinski definition) is 1. The molecular weight excluding hydrogens is 404 g/mol. The number of allylic oxidation sites excluding steroid dienone is 1. The highest BCUT2D eigenvalue weighted by Crippen LogP contribution is 2.32. The highest BCUT2D eigenvalue weighted by atomic mass is 79.9. The van der Waals surface area contributed by atoms with Gasteiger partial charge in [0.25, 0.3) is 5.91 Å². The van der Waals surface area contributed by atoms with Crippen LogP contribution in [-0.2, 0) is 4.79 Å². The first-order chi connectivity index (χ1) is 13.1. The summed E-state index contributed by atoms with van der Waals surface area (Å²) < 4.78 is 6.44. The van der Waals surface area contributed by atoms with Gasteiger partial charge in [0.15, 0.2) is 6.61 Å². The quantitative estimate of drug-likeness (QED) is 0.439. The monoisotopic (exact) mass is 422 g/mol. The van der Waals surface area contributed by atoms with Gasteiger partial charge in [0.05, 0.1) is 10.7 Å². The zero-order chi connectivity index (χ0) is 19.1. The molecule has 3 aromatic carbocycles. The third kappa shape index (κ3) is 5.28. The maximum Gasteiger partial charge on any atom is 0.277 e. The van der Waals surface area contributed by atoms with Gasteiger partial charge in [-0.3, -0.25) is 4.79 Å². The lowest BCUT2D eigenvalue weighted by atomic mass is 10.1. The third-order valence-corrected chi connectivity index (χ3v) is 4.66. The van der Waals surface area contributed by atoms with Crippen molar-refractivity contribution in [3.05, 3.63) is 82.3 Å². The summed E-state index contributed by atoms with van der Waals surface area (Å²) in [6, 6.07) is 21.7. The average Bonchev–Trinajstić information content (AvgIpc) is 2.68. The molecule has 0 atom stereocenters. The predicted octanol–water partition coefficient (Wildman–Crippen LogP) is 5.19. The molecule has 0 saturated heterocycles. The van der Waals surface area contributed by atoms with Gasteiger partial charge in [-0.15, -0.1) is 0 Å². The van der Waals surface area contributed by atoms with E-state index in [9.17, 15) is 4.79 Å². The Morgan fingerprint density at radius 2 is 1.81 bits per heavy atom. The van der Waals surface area contributed by atoms with Crippen LogP contribution in [0.1, 0.15) is 12.5 Å². The zero-order valence-corrected chi connectivity index (χ0v) is 16.4. The molecular formula is C22H19BrN2O2. The number of carbonyl (C=O) groups excluding carboxylic acids is 1. The molecule has 1 amide bonds. The number of nitrogens with zero attached hydrogens (tertiary/aromatic N) is 1. The van der Waals surface area contributed by atoms with E-state index in [1.54, 1.807) is 6.21 Å². The maximum absolute atomic E-state index is 11.9. The van der Waals surface area contributed by atoms with Gasteiger partial charge in [-0.25, -0.2) is 5.43 Å². The van der Waals surface area contributed by atoms with Crippen molar-refractivity contribution in [3.8, 4) is 5.75 Å². The van der Waals surface area contributed by atoms with E-state index in [1.807, 2.05) is 79.7 Å². The van der Waals surface area contributed by atoms with E-state index in [-0.39, 0.29) is 12.5 Å². The third-order valence-electron chi connectivity index (χ3n) is 3.84. The smallest absolute Gasteiger partial charge is 0.277 e. The molecule has 5 heteroatoms. The number of nitrogens with one attached hydrogen (secondary N) is 1. The van der Waals surface area contributed by atoms with Gasteiger partial charge < -0.3 is 4.74 Å². The van der Waals surface area contributed by atoms with E-state index in [2.05, 4.69) is 26.5 Å². The molecule has 0 aliphatic heterocycles. The van der Waals surface area contributed by atoms with E-state index in [0.29, 0.717) is 5.75 Å². The fourth-order valence-electron chi connectivity index (χ4n) is 2.56. The number of halogens is 1. The Kier molecular flexibility index (Phi) is 6.39. The first-order valence-corrected chi connectivity index (χ1v) is 9.28. The van der Waals surface area contributed by atoms with Crippen LogP contribution in [0.25, 0.3) is 16.8 Å². The van der Waals surface area contributed by atoms with Gasteiger partial charge in [0.2, 0.25) is 0 Å². The normalized spacial score (nSPS) is 11.7. The fraction of sp³-hybridized carbons (Fsp3) is 0.0909. The standard InChI is InChI=1S/C22H19BrN2O2/c1-16(13-17-7-3-2-4-8-17)14-24-25-21(26)15-27-20-12-11-18-9-5-6-10-19(18)22(20)23/h2-14H,15H2,1H3,(H,25,26)/b16-13-,24-14+. The van der Waals surface area contributed by atoms with Crippen molar-refractivity contribution >= 4 is 44.9 Å². The minimum absolute atomic E-state index is 0.115. The first-order valence-electron chi connectivity index (χ1n) is 8.49. The average molecular weight is 423 g/mol. The summed E-state index contributed by atoms with van der Waals surface area (Å²) in [5.74, 6) is 0.298. The van der Waals surface area contributed by atoms with Crippen LogP contribution in [-0.4, -0.2) is 18.7 Å². The van der Waals surface area contributed by atoms with Crippen LogP contribution < -0.4 is 10.2 Å². The lowest BCUT2D eigenvalue weighted by Gasteiger charge is -2.09. The van der Waals surface area contributed by atoms with Crippen molar-refractivity contribution in [1.29, 1.82) is 0 Å². The number of fused-ring (bicyclic) bond motifs is 1. The van der Waals surface area contributed by atoms with Crippen molar-refractivity contribution in [3.63, 3.8) is 0 Å². The van der Waals surface area contributed by atoms with Gasteiger partial charge in [-0.2, -0.15) is 5.10 Å². The van der Waals surface area contributed by atoms with Gasteiger partial charge in [-0.05, 0) is 50.8 Å². The van der Waals surface area contributed by atoms with E-state index < -0.39 is 0 Å². The molecule has 0 fully saturated rings. The summed E-state index contributed by atoms with van der Waals surface area (Å²) in [7, 11) is 0. The van der Waals surface area contributed by atoms with Crippen LogP contribution in [0.3, 0.4) is 0 Å². The molecule has 0 radical (unpaired) electrons. The summed E-state index contributed by atoms with van der Waals surface area (Å²) >= 11 is 3.54. The molecule has 0 spiro atoms. The second-order valence-corrected chi connectivity index (χ2v) is 6.77. The molecule has 0 unspecified atom stereocenters. The van der Waals surface area contributed by atoms with Crippen molar-refractivity contribution in [2.75, 3.05) is 6.61 Å². The van der Waals surface area contributed by atoms with Crippen LogP contribution in [0.5, 0.6) is 5.75 Å². The molecule has 27 heavy (non-hydrogen) atoms. The Hall–Kier alpha value is -2.92. The Bertz CT molecular complexity index is 998. The van der Waals surface area contributed by atoms with Crippen molar-refractivity contribution in [2.45, 2.75) is 6.92 Å². The predicted molar refractivity (Wildman–Crippen MR) is 114 cm³/mol. The Morgan fingerprint density at radius 3 is 2.63 bits per heavy atom. The van der Waals surface area contributed by atoms with Crippen molar-refractivity contribution in [2.24, 2.45) is 5.10 Å². The van der Waals surface area contributed by atoms with Crippen LogP contribution in [0.2, 0.25) is 0 Å². The fourth-order valence-corrected chi connectivity index (χ4v) is 3.16. The molecule has 0 bridgehead atoms. The number of hydrazone groups is 1. The molecule has 0 heterocycles. The molecule has 0 aliphatic rings.